The molecule has 0 atom stereocenters. The maximum atomic E-state index is 12.3. The van der Waals surface area contributed by atoms with Gasteiger partial charge in [-0.05, 0) is 18.2 Å². The predicted octanol–water partition coefficient (Wildman–Crippen LogP) is 2.47. The summed E-state index contributed by atoms with van der Waals surface area (Å²) >= 11 is 5.39. The first kappa shape index (κ1) is 8.21. The van der Waals surface area contributed by atoms with Crippen LogP contribution in [-0.2, 0) is 0 Å². The highest BCUT2D eigenvalue weighted by Gasteiger charge is 1.88. The lowest BCUT2D eigenvalue weighted by molar-refractivity contribution is 0.621. The van der Waals surface area contributed by atoms with Gasteiger partial charge >= 0.3 is 0 Å². The molecule has 0 fully saturated rings. The molecule has 0 aliphatic carbocycles. The van der Waals surface area contributed by atoms with Crippen LogP contribution in [0.25, 0.3) is 6.08 Å². The Balaban J connectivity index is 2.73. The Morgan fingerprint density at radius 3 is 2.91 bits per heavy atom. The van der Waals surface area contributed by atoms with Gasteiger partial charge in [-0.15, -0.1) is 11.6 Å². The lowest BCUT2D eigenvalue weighted by atomic mass is 10.3. The van der Waals surface area contributed by atoms with E-state index in [4.69, 9.17) is 11.6 Å². The Hall–Kier alpha value is -0.890. The summed E-state index contributed by atoms with van der Waals surface area (Å²) in [6.45, 7) is 0. The molecular formula is C8H7ClFN. The van der Waals surface area contributed by atoms with Crippen molar-refractivity contribution in [2.45, 2.75) is 0 Å². The molecule has 1 nitrogen and oxygen atoms in total. The van der Waals surface area contributed by atoms with Crippen molar-refractivity contribution in [3.8, 4) is 0 Å². The molecule has 0 saturated carbocycles. The van der Waals surface area contributed by atoms with Gasteiger partial charge in [0, 0.05) is 5.88 Å². The van der Waals surface area contributed by atoms with E-state index < -0.39 is 0 Å². The van der Waals surface area contributed by atoms with Gasteiger partial charge in [-0.25, -0.2) is 4.39 Å². The van der Waals surface area contributed by atoms with Crippen LogP contribution in [0.2, 0.25) is 0 Å². The van der Waals surface area contributed by atoms with E-state index in [1.54, 1.807) is 18.2 Å². The van der Waals surface area contributed by atoms with Crippen LogP contribution in [-0.4, -0.2) is 10.9 Å². The molecule has 1 aromatic heterocycles. The second-order valence-corrected chi connectivity index (χ2v) is 2.27. The van der Waals surface area contributed by atoms with E-state index in [-0.39, 0.29) is 5.82 Å². The zero-order chi connectivity index (χ0) is 8.10. The maximum Gasteiger partial charge on any atom is 0.141 e. The van der Waals surface area contributed by atoms with Crippen LogP contribution in [0, 0.1) is 5.82 Å². The molecule has 1 heterocycles. The van der Waals surface area contributed by atoms with E-state index in [0.29, 0.717) is 11.6 Å². The van der Waals surface area contributed by atoms with Gasteiger partial charge in [0.15, 0.2) is 0 Å². The molecule has 0 aliphatic rings. The summed E-state index contributed by atoms with van der Waals surface area (Å²) in [5.74, 6) is 0.118. The van der Waals surface area contributed by atoms with Gasteiger partial charge in [0.25, 0.3) is 0 Å². The molecule has 0 bridgehead atoms. The van der Waals surface area contributed by atoms with E-state index in [9.17, 15) is 4.39 Å². The number of halogens is 2. The van der Waals surface area contributed by atoms with Gasteiger partial charge in [-0.3, -0.25) is 4.98 Å². The largest absolute Gasteiger partial charge is 0.254 e. The summed E-state index contributed by atoms with van der Waals surface area (Å²) in [6.07, 6.45) is 4.67. The van der Waals surface area contributed by atoms with Crippen LogP contribution < -0.4 is 0 Å². The molecule has 0 N–H and O–H groups in total. The number of alkyl halides is 1. The molecule has 0 aromatic carbocycles. The third kappa shape index (κ3) is 2.68. The first-order valence-electron chi connectivity index (χ1n) is 3.17. The molecule has 58 valence electrons. The number of nitrogens with zero attached hydrogens (tertiary/aromatic N) is 1. The van der Waals surface area contributed by atoms with Gasteiger partial charge in [-0.2, -0.15) is 0 Å². The van der Waals surface area contributed by atoms with Crippen molar-refractivity contribution in [3.05, 3.63) is 35.9 Å². The van der Waals surface area contributed by atoms with Crippen LogP contribution in [0.4, 0.5) is 4.39 Å². The number of hydrogen-bond acceptors (Lipinski definition) is 1. The summed E-state index contributed by atoms with van der Waals surface area (Å²) < 4.78 is 12.3. The maximum absolute atomic E-state index is 12.3. The predicted molar refractivity (Wildman–Crippen MR) is 43.9 cm³/mol. The normalized spacial score (nSPS) is 10.7. The minimum Gasteiger partial charge on any atom is -0.254 e. The van der Waals surface area contributed by atoms with Crippen molar-refractivity contribution >= 4 is 17.7 Å². The summed E-state index contributed by atoms with van der Waals surface area (Å²) in [6, 6.07) is 2.96. The Kier molecular flexibility index (Phi) is 3.05. The molecule has 1 aromatic rings. The fraction of sp³-hybridized carbons (Fsp3) is 0.125. The highest BCUT2D eigenvalue weighted by atomic mass is 35.5. The van der Waals surface area contributed by atoms with Crippen molar-refractivity contribution in [2.24, 2.45) is 0 Å². The monoisotopic (exact) mass is 171 g/mol. The van der Waals surface area contributed by atoms with Crippen molar-refractivity contribution < 1.29 is 4.39 Å². The minimum atomic E-state index is -0.326. The Morgan fingerprint density at radius 1 is 1.55 bits per heavy atom. The van der Waals surface area contributed by atoms with Crippen molar-refractivity contribution in [3.63, 3.8) is 0 Å². The van der Waals surface area contributed by atoms with Gasteiger partial charge in [-0.1, -0.05) is 6.08 Å². The van der Waals surface area contributed by atoms with Crippen molar-refractivity contribution in [1.29, 1.82) is 0 Å². The number of allylic oxidation sites excluding steroid dienone is 1. The fourth-order valence-electron chi connectivity index (χ4n) is 0.651. The van der Waals surface area contributed by atoms with E-state index in [2.05, 4.69) is 4.98 Å². The summed E-state index contributed by atoms with van der Waals surface area (Å²) in [7, 11) is 0. The molecule has 0 amide bonds. The van der Waals surface area contributed by atoms with Gasteiger partial charge in [0.05, 0.1) is 11.9 Å². The number of pyridine rings is 1. The third-order valence-electron chi connectivity index (χ3n) is 1.13. The van der Waals surface area contributed by atoms with Gasteiger partial charge < -0.3 is 0 Å². The Bertz CT molecular complexity index is 243. The standard InChI is InChI=1S/C8H7ClFN/c9-5-1-2-8-4-3-7(10)6-11-8/h1-4,6H,5H2. The van der Waals surface area contributed by atoms with Crippen LogP contribution in [0.5, 0.6) is 0 Å². The zero-order valence-corrected chi connectivity index (χ0v) is 6.55. The highest BCUT2D eigenvalue weighted by Crippen LogP contribution is 1.99. The van der Waals surface area contributed by atoms with Crippen molar-refractivity contribution in [2.75, 3.05) is 5.88 Å². The Morgan fingerprint density at radius 2 is 2.36 bits per heavy atom. The number of hydrogen-bond donors (Lipinski definition) is 0. The molecular weight excluding hydrogens is 165 g/mol. The zero-order valence-electron chi connectivity index (χ0n) is 5.80. The minimum absolute atomic E-state index is 0.326. The SMILES string of the molecule is Fc1ccc(C=CCCl)nc1. The van der Waals surface area contributed by atoms with E-state index in [0.717, 1.165) is 0 Å². The first-order chi connectivity index (χ1) is 5.33. The quantitative estimate of drug-likeness (QED) is 0.623. The second kappa shape index (κ2) is 4.09. The first-order valence-corrected chi connectivity index (χ1v) is 3.70. The molecule has 0 spiro atoms. The molecule has 11 heavy (non-hydrogen) atoms. The second-order valence-electron chi connectivity index (χ2n) is 1.96. The van der Waals surface area contributed by atoms with Crippen LogP contribution in [0.15, 0.2) is 24.4 Å². The molecule has 0 radical (unpaired) electrons. The summed E-state index contributed by atoms with van der Waals surface area (Å²) in [5, 5.41) is 0. The van der Waals surface area contributed by atoms with Gasteiger partial charge in [0.2, 0.25) is 0 Å². The topological polar surface area (TPSA) is 12.9 Å². The van der Waals surface area contributed by atoms with Crippen molar-refractivity contribution in [1.82, 2.24) is 4.98 Å². The fourth-order valence-corrected chi connectivity index (χ4v) is 0.740. The third-order valence-corrected chi connectivity index (χ3v) is 1.31. The lowest BCUT2D eigenvalue weighted by Gasteiger charge is -1.89. The van der Waals surface area contributed by atoms with Crippen LogP contribution >= 0.6 is 11.6 Å². The number of aromatic nitrogens is 1. The molecule has 1 rings (SSSR count). The lowest BCUT2D eigenvalue weighted by Crippen LogP contribution is -1.81. The Labute approximate surface area is 69.5 Å². The summed E-state index contributed by atoms with van der Waals surface area (Å²) in [5.41, 5.74) is 0.715. The van der Waals surface area contributed by atoms with Crippen LogP contribution in [0.3, 0.4) is 0 Å². The highest BCUT2D eigenvalue weighted by molar-refractivity contribution is 6.19. The number of rotatable bonds is 2. The van der Waals surface area contributed by atoms with E-state index in [1.165, 1.54) is 12.3 Å². The molecule has 0 saturated heterocycles. The molecule has 0 aliphatic heterocycles. The van der Waals surface area contributed by atoms with E-state index in [1.807, 2.05) is 0 Å². The average molecular weight is 172 g/mol. The van der Waals surface area contributed by atoms with E-state index >= 15 is 0 Å². The van der Waals surface area contributed by atoms with Crippen LogP contribution in [0.1, 0.15) is 5.69 Å². The molecule has 3 heteroatoms. The van der Waals surface area contributed by atoms with Gasteiger partial charge in [0.1, 0.15) is 5.82 Å². The molecule has 0 unspecified atom stereocenters. The average Bonchev–Trinajstić information content (AvgIpc) is 2.04. The summed E-state index contributed by atoms with van der Waals surface area (Å²) in [4.78, 5) is 3.80. The smallest absolute Gasteiger partial charge is 0.141 e.